The zero-order valence-corrected chi connectivity index (χ0v) is 21.8. The lowest BCUT2D eigenvalue weighted by molar-refractivity contribution is -0.128. The summed E-state index contributed by atoms with van der Waals surface area (Å²) >= 11 is 0. The molecule has 2 aliphatic heterocycles. The van der Waals surface area contributed by atoms with Crippen LogP contribution in [0.5, 0.6) is 5.75 Å². The first-order valence-electron chi connectivity index (χ1n) is 13.1. The van der Waals surface area contributed by atoms with E-state index in [9.17, 15) is 9.18 Å². The van der Waals surface area contributed by atoms with Crippen molar-refractivity contribution in [3.8, 4) is 5.75 Å². The van der Waals surface area contributed by atoms with Crippen LogP contribution in [0, 0.1) is 5.82 Å². The Morgan fingerprint density at radius 2 is 1.74 bits per heavy atom. The van der Waals surface area contributed by atoms with E-state index in [0.717, 1.165) is 34.1 Å². The Bertz CT molecular complexity index is 1490. The summed E-state index contributed by atoms with van der Waals surface area (Å²) in [6, 6.07) is 26.0. The molecule has 3 heterocycles. The first-order chi connectivity index (χ1) is 19.1. The number of amides is 1. The molecule has 0 spiro atoms. The minimum absolute atomic E-state index is 0.0134. The number of benzene rings is 3. The molecule has 1 saturated heterocycles. The molecule has 1 unspecified atom stereocenters. The molecule has 2 aliphatic rings. The molecule has 198 valence electrons. The summed E-state index contributed by atoms with van der Waals surface area (Å²) in [5, 5.41) is 7.94. The Balaban J connectivity index is 1.24. The number of allylic oxidation sites excluding steroid dienone is 1. The number of fused-ring (bicyclic) bond motifs is 1. The number of carbonyl (C=O) groups excluding carboxylic acids is 1. The van der Waals surface area contributed by atoms with Crippen LogP contribution in [-0.2, 0) is 11.4 Å². The van der Waals surface area contributed by atoms with Crippen LogP contribution in [0.4, 0.5) is 15.9 Å². The van der Waals surface area contributed by atoms with E-state index in [2.05, 4.69) is 15.3 Å². The van der Waals surface area contributed by atoms with Gasteiger partial charge in [-0.3, -0.25) is 4.79 Å². The van der Waals surface area contributed by atoms with Gasteiger partial charge in [0.2, 0.25) is 0 Å². The van der Waals surface area contributed by atoms with Gasteiger partial charge in [0.25, 0.3) is 5.91 Å². The van der Waals surface area contributed by atoms with E-state index in [1.807, 2.05) is 77.2 Å². The maximum Gasteiger partial charge on any atom is 0.254 e. The second-order valence-corrected chi connectivity index (χ2v) is 9.83. The highest BCUT2D eigenvalue weighted by molar-refractivity contribution is 5.97. The van der Waals surface area contributed by atoms with Crippen molar-refractivity contribution >= 4 is 17.4 Å². The van der Waals surface area contributed by atoms with Gasteiger partial charge < -0.3 is 19.9 Å². The highest BCUT2D eigenvalue weighted by Crippen LogP contribution is 2.37. The quantitative estimate of drug-likeness (QED) is 0.375. The standard InChI is InChI=1S/C31H30FN5O2/c1-22-29(31(38)36-18-16-35(17-19-36)26-12-10-25(32)11-13-26)30(37-28(34-22)14-15-33-37)24-8-5-9-27(20-24)39-21-23-6-3-2-4-7-23/h2-15,20,30,34H,16-19,21H2,1H3. The fourth-order valence-corrected chi connectivity index (χ4v) is 5.30. The van der Waals surface area contributed by atoms with Crippen molar-refractivity contribution in [2.75, 3.05) is 36.4 Å². The van der Waals surface area contributed by atoms with Gasteiger partial charge in [-0.2, -0.15) is 5.10 Å². The molecule has 1 aromatic heterocycles. The normalized spacial score (nSPS) is 17.0. The number of rotatable bonds is 6. The zero-order valence-electron chi connectivity index (χ0n) is 21.8. The Hall–Kier alpha value is -4.59. The summed E-state index contributed by atoms with van der Waals surface area (Å²) in [6.07, 6.45) is 1.74. The summed E-state index contributed by atoms with van der Waals surface area (Å²) < 4.78 is 21.3. The Labute approximate surface area is 227 Å². The maximum absolute atomic E-state index is 14.1. The van der Waals surface area contributed by atoms with Crippen LogP contribution >= 0.6 is 0 Å². The second kappa shape index (κ2) is 10.6. The molecule has 6 rings (SSSR count). The van der Waals surface area contributed by atoms with E-state index in [4.69, 9.17) is 4.74 Å². The molecular weight excluding hydrogens is 493 g/mol. The van der Waals surface area contributed by atoms with Crippen molar-refractivity contribution < 1.29 is 13.9 Å². The number of hydrogen-bond acceptors (Lipinski definition) is 5. The second-order valence-electron chi connectivity index (χ2n) is 9.83. The number of piperazine rings is 1. The highest BCUT2D eigenvalue weighted by atomic mass is 19.1. The molecule has 0 radical (unpaired) electrons. The lowest BCUT2D eigenvalue weighted by Crippen LogP contribution is -2.50. The van der Waals surface area contributed by atoms with E-state index in [0.29, 0.717) is 38.4 Å². The van der Waals surface area contributed by atoms with E-state index in [1.54, 1.807) is 18.3 Å². The van der Waals surface area contributed by atoms with E-state index < -0.39 is 0 Å². The van der Waals surface area contributed by atoms with Crippen molar-refractivity contribution in [3.05, 3.63) is 119 Å². The van der Waals surface area contributed by atoms with Crippen molar-refractivity contribution in [2.45, 2.75) is 19.6 Å². The van der Waals surface area contributed by atoms with Crippen LogP contribution in [0.25, 0.3) is 0 Å². The van der Waals surface area contributed by atoms with Crippen LogP contribution < -0.4 is 15.0 Å². The molecule has 1 N–H and O–H groups in total. The van der Waals surface area contributed by atoms with Gasteiger partial charge in [0.15, 0.2) is 0 Å². The average molecular weight is 524 g/mol. The number of nitrogens with one attached hydrogen (secondary N) is 1. The number of carbonyl (C=O) groups is 1. The Morgan fingerprint density at radius 3 is 2.51 bits per heavy atom. The molecule has 0 bridgehead atoms. The summed E-state index contributed by atoms with van der Waals surface area (Å²) in [7, 11) is 0. The lowest BCUT2D eigenvalue weighted by atomic mass is 9.94. The van der Waals surface area contributed by atoms with Crippen LogP contribution in [-0.4, -0.2) is 46.8 Å². The average Bonchev–Trinajstić information content (AvgIpc) is 3.44. The number of anilines is 2. The first kappa shape index (κ1) is 24.7. The van der Waals surface area contributed by atoms with Gasteiger partial charge in [-0.25, -0.2) is 9.07 Å². The number of ether oxygens (including phenoxy) is 1. The topological polar surface area (TPSA) is 62.6 Å². The van der Waals surface area contributed by atoms with Crippen molar-refractivity contribution in [1.29, 1.82) is 0 Å². The van der Waals surface area contributed by atoms with Crippen LogP contribution in [0.15, 0.2) is 102 Å². The monoisotopic (exact) mass is 523 g/mol. The van der Waals surface area contributed by atoms with Gasteiger partial charge in [0, 0.05) is 43.6 Å². The molecule has 1 fully saturated rings. The van der Waals surface area contributed by atoms with E-state index in [-0.39, 0.29) is 17.8 Å². The fourth-order valence-electron chi connectivity index (χ4n) is 5.30. The third-order valence-electron chi connectivity index (χ3n) is 7.32. The SMILES string of the molecule is CC1=C(C(=O)N2CCN(c3ccc(F)cc3)CC2)C(c2cccc(OCc3ccccc3)c2)n2nccc2N1. The van der Waals surface area contributed by atoms with Gasteiger partial charge in [0.05, 0.1) is 11.8 Å². The van der Waals surface area contributed by atoms with Crippen molar-refractivity contribution in [1.82, 2.24) is 14.7 Å². The number of nitrogens with zero attached hydrogens (tertiary/aromatic N) is 4. The molecule has 39 heavy (non-hydrogen) atoms. The Morgan fingerprint density at radius 1 is 0.974 bits per heavy atom. The fraction of sp³-hybridized carbons (Fsp3) is 0.226. The van der Waals surface area contributed by atoms with E-state index >= 15 is 0 Å². The molecule has 8 heteroatoms. The molecule has 0 saturated carbocycles. The molecule has 7 nitrogen and oxygen atoms in total. The van der Waals surface area contributed by atoms with Crippen molar-refractivity contribution in [3.63, 3.8) is 0 Å². The summed E-state index contributed by atoms with van der Waals surface area (Å²) in [5.74, 6) is 1.31. The predicted octanol–water partition coefficient (Wildman–Crippen LogP) is 5.24. The first-order valence-corrected chi connectivity index (χ1v) is 13.1. The minimum Gasteiger partial charge on any atom is -0.489 e. The van der Waals surface area contributed by atoms with E-state index in [1.165, 1.54) is 12.1 Å². The van der Waals surface area contributed by atoms with Crippen LogP contribution in [0.1, 0.15) is 24.1 Å². The molecular formula is C31H30FN5O2. The third kappa shape index (κ3) is 5.10. The smallest absolute Gasteiger partial charge is 0.254 e. The lowest BCUT2D eigenvalue weighted by Gasteiger charge is -2.38. The molecule has 0 aliphatic carbocycles. The van der Waals surface area contributed by atoms with Gasteiger partial charge >= 0.3 is 0 Å². The predicted molar refractivity (Wildman–Crippen MR) is 149 cm³/mol. The molecule has 1 amide bonds. The van der Waals surface area contributed by atoms with Crippen LogP contribution in [0.2, 0.25) is 0 Å². The minimum atomic E-state index is -0.390. The maximum atomic E-state index is 14.1. The number of halogens is 1. The van der Waals surface area contributed by atoms with Gasteiger partial charge in [-0.05, 0) is 54.4 Å². The van der Waals surface area contributed by atoms with Gasteiger partial charge in [0.1, 0.15) is 30.0 Å². The summed E-state index contributed by atoms with van der Waals surface area (Å²) in [6.45, 7) is 4.91. The zero-order chi connectivity index (χ0) is 26.8. The molecule has 3 aromatic carbocycles. The molecule has 4 aromatic rings. The van der Waals surface area contributed by atoms with Crippen LogP contribution in [0.3, 0.4) is 0 Å². The van der Waals surface area contributed by atoms with Gasteiger partial charge in [-0.1, -0.05) is 42.5 Å². The highest BCUT2D eigenvalue weighted by Gasteiger charge is 2.36. The van der Waals surface area contributed by atoms with Crippen molar-refractivity contribution in [2.24, 2.45) is 0 Å². The van der Waals surface area contributed by atoms with Gasteiger partial charge in [-0.15, -0.1) is 0 Å². The largest absolute Gasteiger partial charge is 0.489 e. The molecule has 1 atom stereocenters. The summed E-state index contributed by atoms with van der Waals surface area (Å²) in [5.41, 5.74) is 4.46. The Kier molecular flexibility index (Phi) is 6.75. The number of hydrogen-bond donors (Lipinski definition) is 1. The number of aromatic nitrogens is 2. The third-order valence-corrected chi connectivity index (χ3v) is 7.32. The summed E-state index contributed by atoms with van der Waals surface area (Å²) in [4.78, 5) is 18.1.